The van der Waals surface area contributed by atoms with Crippen LogP contribution in [-0.2, 0) is 4.74 Å². The van der Waals surface area contributed by atoms with Crippen LogP contribution < -0.4 is 10.5 Å². The fraction of sp³-hybridized carbons (Fsp3) is 0.647. The van der Waals surface area contributed by atoms with Crippen LogP contribution in [-0.4, -0.2) is 29.8 Å². The lowest BCUT2D eigenvalue weighted by atomic mass is 9.91. The van der Waals surface area contributed by atoms with Crippen LogP contribution in [0.4, 0.5) is 0 Å². The van der Waals surface area contributed by atoms with Crippen molar-refractivity contribution in [1.82, 2.24) is 0 Å². The van der Waals surface area contributed by atoms with Crippen molar-refractivity contribution >= 4 is 11.8 Å². The van der Waals surface area contributed by atoms with Gasteiger partial charge in [0.25, 0.3) is 0 Å². The molecule has 0 aliphatic carbocycles. The molecule has 2 heterocycles. The fourth-order valence-corrected chi connectivity index (χ4v) is 4.64. The molecule has 4 heteroatoms. The van der Waals surface area contributed by atoms with E-state index in [1.54, 1.807) is 0 Å². The van der Waals surface area contributed by atoms with Crippen molar-refractivity contribution in [3.63, 3.8) is 0 Å². The van der Waals surface area contributed by atoms with E-state index >= 15 is 0 Å². The first-order chi connectivity index (χ1) is 10.1. The van der Waals surface area contributed by atoms with Gasteiger partial charge in [-0.1, -0.05) is 17.7 Å². The molecule has 2 saturated heterocycles. The summed E-state index contributed by atoms with van der Waals surface area (Å²) in [6.07, 6.45) is 3.38. The van der Waals surface area contributed by atoms with Crippen molar-refractivity contribution in [3.05, 3.63) is 29.3 Å². The second kappa shape index (κ2) is 6.19. The number of thioether (sulfide) groups is 1. The molecule has 0 saturated carbocycles. The van der Waals surface area contributed by atoms with E-state index in [0.29, 0.717) is 0 Å². The maximum absolute atomic E-state index is 6.32. The molecular weight excluding hydrogens is 282 g/mol. The van der Waals surface area contributed by atoms with Crippen LogP contribution in [0.25, 0.3) is 0 Å². The molecule has 2 N–H and O–H groups in total. The molecule has 116 valence electrons. The number of hydrogen-bond donors (Lipinski definition) is 1. The molecule has 2 fully saturated rings. The van der Waals surface area contributed by atoms with Gasteiger partial charge in [0.15, 0.2) is 0 Å². The second-order valence-electron chi connectivity index (χ2n) is 6.40. The number of nitrogens with two attached hydrogens (primary N) is 1. The largest absolute Gasteiger partial charge is 0.490 e. The second-order valence-corrected chi connectivity index (χ2v) is 7.50. The lowest BCUT2D eigenvalue weighted by molar-refractivity contribution is -0.0960. The Balaban J connectivity index is 1.74. The minimum atomic E-state index is -0.00395. The average Bonchev–Trinajstić information content (AvgIpc) is 2.88. The van der Waals surface area contributed by atoms with Crippen molar-refractivity contribution in [2.45, 2.75) is 50.9 Å². The van der Waals surface area contributed by atoms with Crippen LogP contribution in [0.5, 0.6) is 5.75 Å². The van der Waals surface area contributed by atoms with Gasteiger partial charge in [0.05, 0.1) is 12.2 Å². The first kappa shape index (κ1) is 15.2. The minimum Gasteiger partial charge on any atom is -0.490 e. The predicted molar refractivity (Wildman–Crippen MR) is 88.1 cm³/mol. The van der Waals surface area contributed by atoms with Crippen LogP contribution in [0.1, 0.15) is 43.4 Å². The highest BCUT2D eigenvalue weighted by Crippen LogP contribution is 2.39. The summed E-state index contributed by atoms with van der Waals surface area (Å²) in [5, 5.41) is 0. The Hall–Kier alpha value is -0.710. The number of rotatable bonds is 3. The van der Waals surface area contributed by atoms with E-state index in [1.165, 1.54) is 11.3 Å². The molecule has 2 aliphatic heterocycles. The van der Waals surface area contributed by atoms with Crippen molar-refractivity contribution < 1.29 is 9.47 Å². The predicted octanol–water partition coefficient (Wildman–Crippen LogP) is 3.45. The van der Waals surface area contributed by atoms with E-state index in [-0.39, 0.29) is 17.7 Å². The van der Waals surface area contributed by atoms with E-state index in [4.69, 9.17) is 15.2 Å². The van der Waals surface area contributed by atoms with Crippen LogP contribution in [0.2, 0.25) is 0 Å². The molecule has 21 heavy (non-hydrogen) atoms. The zero-order valence-corrected chi connectivity index (χ0v) is 13.7. The third-order valence-electron chi connectivity index (χ3n) is 4.46. The molecule has 2 aliphatic rings. The van der Waals surface area contributed by atoms with E-state index in [9.17, 15) is 0 Å². The molecule has 1 aromatic rings. The van der Waals surface area contributed by atoms with Crippen LogP contribution in [0.15, 0.2) is 18.2 Å². The number of benzene rings is 1. The first-order valence-corrected chi connectivity index (χ1v) is 8.98. The molecule has 0 aromatic heterocycles. The molecule has 3 nitrogen and oxygen atoms in total. The molecular formula is C17H25NO2S. The maximum Gasteiger partial charge on any atom is 0.124 e. The quantitative estimate of drug-likeness (QED) is 0.929. The standard InChI is InChI=1S/C17H25NO2S/c1-12-3-4-16(15(9-12)13(2)18)20-14-5-7-19-17(10-14)6-8-21-11-17/h3-4,9,13-14H,5-8,10-11,18H2,1-2H3/t13-,14?,17?/m0/s1. The first-order valence-electron chi connectivity index (χ1n) is 7.82. The fourth-order valence-electron chi connectivity index (χ4n) is 3.26. The van der Waals surface area contributed by atoms with Crippen molar-refractivity contribution in [1.29, 1.82) is 0 Å². The Morgan fingerprint density at radius 1 is 1.48 bits per heavy atom. The Bertz CT molecular complexity index is 498. The molecule has 3 atom stereocenters. The summed E-state index contributed by atoms with van der Waals surface area (Å²) in [6.45, 7) is 4.92. The maximum atomic E-state index is 6.32. The van der Waals surface area contributed by atoms with Gasteiger partial charge in [0.1, 0.15) is 11.9 Å². The molecule has 3 rings (SSSR count). The molecule has 0 bridgehead atoms. The Labute approximate surface area is 131 Å². The van der Waals surface area contributed by atoms with E-state index in [2.05, 4.69) is 25.1 Å². The van der Waals surface area contributed by atoms with Gasteiger partial charge in [0, 0.05) is 30.2 Å². The summed E-state index contributed by atoms with van der Waals surface area (Å²) in [7, 11) is 0. The van der Waals surface area contributed by atoms with Crippen LogP contribution in [0, 0.1) is 6.92 Å². The number of ether oxygens (including phenoxy) is 2. The Morgan fingerprint density at radius 2 is 2.33 bits per heavy atom. The summed E-state index contributed by atoms with van der Waals surface area (Å²) < 4.78 is 12.4. The topological polar surface area (TPSA) is 44.5 Å². The van der Waals surface area contributed by atoms with Gasteiger partial charge in [-0.05, 0) is 32.1 Å². The number of aryl methyl sites for hydroxylation is 1. The molecule has 0 amide bonds. The van der Waals surface area contributed by atoms with Crippen LogP contribution in [0.3, 0.4) is 0 Å². The lowest BCUT2D eigenvalue weighted by Crippen LogP contribution is -2.44. The average molecular weight is 307 g/mol. The summed E-state index contributed by atoms with van der Waals surface area (Å²) >= 11 is 2.00. The summed E-state index contributed by atoms with van der Waals surface area (Å²) in [6, 6.07) is 6.30. The highest BCUT2D eigenvalue weighted by molar-refractivity contribution is 7.99. The number of hydrogen-bond acceptors (Lipinski definition) is 4. The third-order valence-corrected chi connectivity index (χ3v) is 5.69. The van der Waals surface area contributed by atoms with Crippen molar-refractivity contribution in [2.75, 3.05) is 18.1 Å². The summed E-state index contributed by atoms with van der Waals surface area (Å²) in [5.41, 5.74) is 8.49. The van der Waals surface area contributed by atoms with E-state index < -0.39 is 0 Å². The van der Waals surface area contributed by atoms with Crippen molar-refractivity contribution in [3.8, 4) is 5.75 Å². The summed E-state index contributed by atoms with van der Waals surface area (Å²) in [5.74, 6) is 3.27. The lowest BCUT2D eigenvalue weighted by Gasteiger charge is -2.38. The van der Waals surface area contributed by atoms with Gasteiger partial charge in [-0.3, -0.25) is 0 Å². The Kier molecular flexibility index (Phi) is 4.48. The van der Waals surface area contributed by atoms with Gasteiger partial charge in [-0.2, -0.15) is 11.8 Å². The van der Waals surface area contributed by atoms with Crippen LogP contribution >= 0.6 is 11.8 Å². The van der Waals surface area contributed by atoms with Gasteiger partial charge in [-0.15, -0.1) is 0 Å². The highest BCUT2D eigenvalue weighted by atomic mass is 32.2. The van der Waals surface area contributed by atoms with Gasteiger partial charge in [-0.25, -0.2) is 0 Å². The molecule has 2 unspecified atom stereocenters. The zero-order chi connectivity index (χ0) is 14.9. The van der Waals surface area contributed by atoms with E-state index in [0.717, 1.165) is 42.9 Å². The van der Waals surface area contributed by atoms with Gasteiger partial charge >= 0.3 is 0 Å². The highest BCUT2D eigenvalue weighted by Gasteiger charge is 2.41. The smallest absolute Gasteiger partial charge is 0.124 e. The monoisotopic (exact) mass is 307 g/mol. The molecule has 0 radical (unpaired) electrons. The normalized spacial score (nSPS) is 30.5. The van der Waals surface area contributed by atoms with Gasteiger partial charge < -0.3 is 15.2 Å². The van der Waals surface area contributed by atoms with Gasteiger partial charge in [0.2, 0.25) is 0 Å². The summed E-state index contributed by atoms with van der Waals surface area (Å²) in [4.78, 5) is 0. The van der Waals surface area contributed by atoms with Crippen molar-refractivity contribution in [2.24, 2.45) is 5.73 Å². The zero-order valence-electron chi connectivity index (χ0n) is 12.9. The molecule has 1 aromatic carbocycles. The minimum absolute atomic E-state index is 0.00395. The third kappa shape index (κ3) is 3.38. The Morgan fingerprint density at radius 3 is 3.05 bits per heavy atom. The SMILES string of the molecule is Cc1ccc(OC2CCOC3(CCSC3)C2)c([C@H](C)N)c1. The van der Waals surface area contributed by atoms with E-state index in [1.807, 2.05) is 18.7 Å². The molecule has 1 spiro atoms.